The van der Waals surface area contributed by atoms with Crippen LogP contribution in [-0.2, 0) is 11.1 Å². The zero-order chi connectivity index (χ0) is 32.4. The lowest BCUT2D eigenvalue weighted by Gasteiger charge is -2.11. The van der Waals surface area contributed by atoms with E-state index in [0.29, 0.717) is 45.3 Å². The lowest BCUT2D eigenvalue weighted by Crippen LogP contribution is -1.95. The van der Waals surface area contributed by atoms with Crippen LogP contribution in [-0.4, -0.2) is 38.5 Å². The van der Waals surface area contributed by atoms with Crippen molar-refractivity contribution in [2.24, 2.45) is 20.5 Å². The largest absolute Gasteiger partial charge is 0.492 e. The normalized spacial score (nSPS) is 12.3. The Labute approximate surface area is 266 Å². The van der Waals surface area contributed by atoms with Crippen LogP contribution >= 0.6 is 0 Å². The third-order valence-corrected chi connectivity index (χ3v) is 7.91. The Morgan fingerprint density at radius 2 is 1.07 bits per heavy atom. The average Bonchev–Trinajstić information content (AvgIpc) is 3.52. The van der Waals surface area contributed by atoms with Gasteiger partial charge in [-0.15, -0.1) is 10.2 Å². The number of hydrogen-bond acceptors (Lipinski definition) is 9. The van der Waals surface area contributed by atoms with Gasteiger partial charge >= 0.3 is 0 Å². The number of aromatic hydroxyl groups is 2. The summed E-state index contributed by atoms with van der Waals surface area (Å²) in [5.41, 5.74) is 5.67. The molecule has 0 aliphatic heterocycles. The summed E-state index contributed by atoms with van der Waals surface area (Å²) < 4.78 is 25.4. The Morgan fingerprint density at radius 1 is 0.609 bits per heavy atom. The van der Waals surface area contributed by atoms with Gasteiger partial charge in [0, 0.05) is 5.56 Å². The molecule has 13 heteroatoms. The number of azo groups is 2. The molecular formula is C33H28N8O4S. The molecule has 12 nitrogen and oxygen atoms in total. The Hall–Kier alpha value is -5.79. The molecule has 0 bridgehead atoms. The van der Waals surface area contributed by atoms with E-state index in [0.717, 1.165) is 5.56 Å². The van der Waals surface area contributed by atoms with Crippen LogP contribution in [0.15, 0.2) is 122 Å². The van der Waals surface area contributed by atoms with Gasteiger partial charge in [-0.3, -0.25) is 0 Å². The maximum atomic E-state index is 12.4. The van der Waals surface area contributed by atoms with Crippen LogP contribution in [0.4, 0.5) is 22.7 Å². The topological polar surface area (TPSA) is 163 Å². The van der Waals surface area contributed by atoms with Crippen molar-refractivity contribution in [3.63, 3.8) is 0 Å². The van der Waals surface area contributed by atoms with E-state index in [2.05, 4.69) is 30.7 Å². The third-order valence-electron chi connectivity index (χ3n) is 7.20. The molecule has 0 saturated carbocycles. The van der Waals surface area contributed by atoms with Crippen molar-refractivity contribution in [2.45, 2.75) is 25.7 Å². The van der Waals surface area contributed by atoms with E-state index >= 15 is 0 Å². The maximum Gasteiger partial charge on any atom is 0.243 e. The summed E-state index contributed by atoms with van der Waals surface area (Å²) in [6.07, 6.45) is 0. The molecule has 46 heavy (non-hydrogen) atoms. The van der Waals surface area contributed by atoms with Gasteiger partial charge in [0.25, 0.3) is 0 Å². The fraction of sp³-hybridized carbons (Fsp3) is 0.0909. The van der Waals surface area contributed by atoms with Crippen LogP contribution < -0.4 is 0 Å². The summed E-state index contributed by atoms with van der Waals surface area (Å²) in [6.45, 7) is 5.31. The molecule has 0 aliphatic carbocycles. The van der Waals surface area contributed by atoms with Crippen molar-refractivity contribution in [2.75, 3.05) is 0 Å². The highest BCUT2D eigenvalue weighted by atomic mass is 32.2. The van der Waals surface area contributed by atoms with Crippen molar-refractivity contribution in [1.29, 1.82) is 0 Å². The summed E-state index contributed by atoms with van der Waals surface area (Å²) in [4.78, 5) is 0.142. The Bertz CT molecular complexity index is 2140. The summed E-state index contributed by atoms with van der Waals surface area (Å²) >= 11 is -2.34. The first-order valence-electron chi connectivity index (χ1n) is 14.1. The molecule has 0 spiro atoms. The molecule has 0 radical (unpaired) electrons. The van der Waals surface area contributed by atoms with Crippen LogP contribution in [0.3, 0.4) is 0 Å². The lowest BCUT2D eigenvalue weighted by molar-refractivity contribution is 0.434. The van der Waals surface area contributed by atoms with E-state index in [4.69, 9.17) is 0 Å². The fourth-order valence-electron chi connectivity index (χ4n) is 4.91. The van der Waals surface area contributed by atoms with Gasteiger partial charge in [-0.05, 0) is 80.4 Å². The second-order valence-corrected chi connectivity index (χ2v) is 11.3. The van der Waals surface area contributed by atoms with E-state index in [1.807, 2.05) is 55.5 Å². The maximum absolute atomic E-state index is 12.4. The van der Waals surface area contributed by atoms with E-state index in [1.54, 1.807) is 56.3 Å². The van der Waals surface area contributed by atoms with Crippen molar-refractivity contribution < 1.29 is 19.0 Å². The van der Waals surface area contributed by atoms with Crippen LogP contribution in [0.2, 0.25) is 0 Å². The minimum atomic E-state index is -2.34. The predicted octanol–water partition coefficient (Wildman–Crippen LogP) is 8.47. The number of rotatable bonds is 8. The van der Waals surface area contributed by atoms with Gasteiger partial charge in [-0.25, -0.2) is 4.21 Å². The number of para-hydroxylation sites is 2. The highest BCUT2D eigenvalue weighted by Gasteiger charge is 2.18. The van der Waals surface area contributed by atoms with Gasteiger partial charge < -0.3 is 14.8 Å². The fourth-order valence-corrected chi connectivity index (χ4v) is 5.50. The van der Waals surface area contributed by atoms with Crippen LogP contribution in [0.1, 0.15) is 17.0 Å². The molecule has 0 saturated heterocycles. The number of nitrogens with zero attached hydrogens (tertiary/aromatic N) is 8. The number of hydrogen-bond donors (Lipinski definition) is 3. The summed E-state index contributed by atoms with van der Waals surface area (Å²) in [6, 6.07) is 28.5. The first-order chi connectivity index (χ1) is 22.2. The summed E-state index contributed by atoms with van der Waals surface area (Å²) in [5, 5.41) is 47.2. The molecule has 2 aromatic heterocycles. The van der Waals surface area contributed by atoms with Gasteiger partial charge in [0.1, 0.15) is 0 Å². The van der Waals surface area contributed by atoms with Crippen LogP contribution in [0.25, 0.3) is 22.5 Å². The van der Waals surface area contributed by atoms with E-state index in [1.165, 1.54) is 15.4 Å². The molecule has 6 rings (SSSR count). The second kappa shape index (κ2) is 12.7. The second-order valence-electron chi connectivity index (χ2n) is 10.3. The molecule has 1 unspecified atom stereocenters. The minimum absolute atomic E-state index is 0.122. The van der Waals surface area contributed by atoms with Gasteiger partial charge in [-0.1, -0.05) is 48.5 Å². The first-order valence-corrected chi connectivity index (χ1v) is 15.2. The molecule has 0 fully saturated rings. The zero-order valence-corrected chi connectivity index (χ0v) is 25.8. The highest BCUT2D eigenvalue weighted by molar-refractivity contribution is 7.79. The molecule has 4 aromatic carbocycles. The zero-order valence-electron chi connectivity index (χ0n) is 25.0. The van der Waals surface area contributed by atoms with E-state index < -0.39 is 11.1 Å². The van der Waals surface area contributed by atoms with Crippen LogP contribution in [0.5, 0.6) is 11.8 Å². The SMILES string of the molecule is Cc1cc(N=Nc2c(C)nn(-c3ccccc3)c2O)ccc1-c1ccc(N=Nc2c(C)nn(-c3ccccc3)c2O)cc1S(=O)O. The highest BCUT2D eigenvalue weighted by Crippen LogP contribution is 2.38. The lowest BCUT2D eigenvalue weighted by atomic mass is 10.00. The van der Waals surface area contributed by atoms with Gasteiger partial charge in [0.2, 0.25) is 11.8 Å². The average molecular weight is 633 g/mol. The van der Waals surface area contributed by atoms with E-state index in [9.17, 15) is 19.0 Å². The smallest absolute Gasteiger partial charge is 0.243 e. The molecule has 2 heterocycles. The Balaban J connectivity index is 1.26. The Morgan fingerprint density at radius 3 is 1.52 bits per heavy atom. The molecule has 0 amide bonds. The molecular weight excluding hydrogens is 604 g/mol. The van der Waals surface area contributed by atoms with Gasteiger partial charge in [0.05, 0.1) is 39.0 Å². The first kappa shape index (κ1) is 30.2. The van der Waals surface area contributed by atoms with E-state index in [-0.39, 0.29) is 28.0 Å². The molecule has 3 N–H and O–H groups in total. The molecule has 1 atom stereocenters. The molecule has 0 aliphatic rings. The monoisotopic (exact) mass is 632 g/mol. The standard InChI is InChI=1S/C33H28N8O4S/c1-20-18-23(34-36-30-21(2)38-40(32(30)42)25-10-6-4-7-11-25)14-16-27(20)28-17-15-24(19-29(28)46(44)45)35-37-31-22(3)39-41(33(31)43)26-12-8-5-9-13-26/h4-19,42-43H,1-3H3,(H,44,45). The summed E-state index contributed by atoms with van der Waals surface area (Å²) in [5.74, 6) is -0.290. The quantitative estimate of drug-likeness (QED) is 0.113. The predicted molar refractivity (Wildman–Crippen MR) is 174 cm³/mol. The van der Waals surface area contributed by atoms with Crippen molar-refractivity contribution in [1.82, 2.24) is 19.6 Å². The minimum Gasteiger partial charge on any atom is -0.492 e. The molecule has 6 aromatic rings. The van der Waals surface area contributed by atoms with Crippen molar-refractivity contribution in [3.8, 4) is 34.3 Å². The number of benzene rings is 4. The van der Waals surface area contributed by atoms with Crippen molar-refractivity contribution >= 4 is 33.8 Å². The van der Waals surface area contributed by atoms with Gasteiger partial charge in [0.15, 0.2) is 22.5 Å². The van der Waals surface area contributed by atoms with Crippen molar-refractivity contribution in [3.05, 3.63) is 114 Å². The molecule has 230 valence electrons. The number of aryl methyl sites for hydroxylation is 3. The summed E-state index contributed by atoms with van der Waals surface area (Å²) in [7, 11) is 0. The number of aromatic nitrogens is 4. The third kappa shape index (κ3) is 5.96. The van der Waals surface area contributed by atoms with Crippen LogP contribution in [0, 0.1) is 20.8 Å². The Kier molecular flexibility index (Phi) is 8.33. The van der Waals surface area contributed by atoms with Gasteiger partial charge in [-0.2, -0.15) is 29.8 Å².